The number of likely N-dealkylation sites (N-methyl/N-ethyl adjacent to an activating group) is 1. The highest BCUT2D eigenvalue weighted by molar-refractivity contribution is 5.96. The van der Waals surface area contributed by atoms with Crippen molar-refractivity contribution in [2.45, 2.75) is 132 Å². The zero-order valence-corrected chi connectivity index (χ0v) is 36.3. The summed E-state index contributed by atoms with van der Waals surface area (Å²) in [6.45, 7) is 4.14. The highest BCUT2D eigenvalue weighted by Gasteiger charge is 2.75. The molecular weight excluding hydrogens is 838 g/mol. The molecule has 19 nitrogen and oxygen atoms in total. The molecule has 0 spiro atoms. The summed E-state index contributed by atoms with van der Waals surface area (Å²) in [6.07, 6.45) is -6.63. The van der Waals surface area contributed by atoms with Gasteiger partial charge in [0, 0.05) is 26.3 Å². The molecule has 13 atom stereocenters. The number of ether oxygens (including phenoxy) is 6. The normalized spacial score (nSPS) is 32.1. The zero-order valence-electron chi connectivity index (χ0n) is 36.3. The Hall–Kier alpha value is -4.38. The molecule has 19 heteroatoms. The third-order valence-corrected chi connectivity index (χ3v) is 12.3. The fourth-order valence-electron chi connectivity index (χ4n) is 9.17. The maximum Gasteiger partial charge on any atom is 0.327 e. The highest BCUT2D eigenvalue weighted by Crippen LogP contribution is 2.56. The molecule has 2 bridgehead atoms. The van der Waals surface area contributed by atoms with E-state index in [0.29, 0.717) is 0 Å². The third-order valence-electron chi connectivity index (χ3n) is 12.3. The Morgan fingerprint density at radius 1 is 0.984 bits per heavy atom. The number of hydroxylamine groups is 2. The van der Waals surface area contributed by atoms with Crippen molar-refractivity contribution in [3.05, 3.63) is 77.4 Å². The number of benzene rings is 2. The van der Waals surface area contributed by atoms with E-state index in [4.69, 9.17) is 33.3 Å². The number of nitrogens with one attached hydrogen (secondary N) is 1. The van der Waals surface area contributed by atoms with Crippen molar-refractivity contribution in [1.29, 1.82) is 0 Å². The van der Waals surface area contributed by atoms with Crippen molar-refractivity contribution in [1.82, 2.24) is 15.3 Å². The molecule has 4 aliphatic heterocycles. The van der Waals surface area contributed by atoms with Crippen LogP contribution in [0.4, 0.5) is 0 Å². The minimum atomic E-state index is -1.56. The minimum Gasteiger partial charge on any atom is -0.460 e. The topological polar surface area (TPSA) is 253 Å². The van der Waals surface area contributed by atoms with E-state index in [2.05, 4.69) is 5.32 Å². The summed E-state index contributed by atoms with van der Waals surface area (Å²) in [5.74, 6) is -2.26. The van der Waals surface area contributed by atoms with Crippen LogP contribution in [-0.4, -0.2) is 172 Å². The van der Waals surface area contributed by atoms with Crippen LogP contribution in [-0.2, 0) is 65.4 Å². The molecule has 13 unspecified atom stereocenters. The Kier molecular flexibility index (Phi) is 14.9. The minimum absolute atomic E-state index is 0.0271. The van der Waals surface area contributed by atoms with Crippen LogP contribution in [0, 0.1) is 5.41 Å². The maximum atomic E-state index is 15.4. The summed E-state index contributed by atoms with van der Waals surface area (Å²) < 4.78 is 34.2. The molecule has 5 aliphatic rings. The molecule has 0 radical (unpaired) electrons. The van der Waals surface area contributed by atoms with Gasteiger partial charge in [0.1, 0.15) is 72.7 Å². The molecule has 6 N–H and O–H groups in total. The second-order valence-corrected chi connectivity index (χ2v) is 17.9. The molecule has 2 amide bonds. The second-order valence-electron chi connectivity index (χ2n) is 17.9. The summed E-state index contributed by atoms with van der Waals surface area (Å²) in [6, 6.07) is 13.2. The molecule has 4 heterocycles. The van der Waals surface area contributed by atoms with E-state index >= 15 is 4.79 Å². The second kappa shape index (κ2) is 20.0. The van der Waals surface area contributed by atoms with Crippen LogP contribution < -0.4 is 5.32 Å². The lowest BCUT2D eigenvalue weighted by atomic mass is 9.62. The first-order valence-electron chi connectivity index (χ1n) is 21.5. The van der Waals surface area contributed by atoms with E-state index in [9.17, 15) is 39.9 Å². The first-order chi connectivity index (χ1) is 30.5. The molecule has 2 aromatic carbocycles. The molecule has 1 aliphatic carbocycles. The number of carbonyl (C=O) groups is 4. The van der Waals surface area contributed by atoms with Gasteiger partial charge in [0.15, 0.2) is 12.3 Å². The zero-order chi connectivity index (χ0) is 45.9. The summed E-state index contributed by atoms with van der Waals surface area (Å²) in [5.41, 5.74) is -0.0218. The van der Waals surface area contributed by atoms with Crippen molar-refractivity contribution in [3.63, 3.8) is 0 Å². The average molecular weight is 898 g/mol. The quantitative estimate of drug-likeness (QED) is 0.112. The number of amides is 2. The highest BCUT2D eigenvalue weighted by atomic mass is 16.8. The summed E-state index contributed by atoms with van der Waals surface area (Å²) >= 11 is 0. The number of esters is 2. The van der Waals surface area contributed by atoms with Crippen molar-refractivity contribution >= 4 is 29.8 Å². The van der Waals surface area contributed by atoms with Gasteiger partial charge in [-0.25, -0.2) is 0 Å². The molecule has 4 saturated heterocycles. The predicted octanol–water partition coefficient (Wildman–Crippen LogP) is -0.274. The number of rotatable bonds is 17. The van der Waals surface area contributed by atoms with Gasteiger partial charge in [-0.2, -0.15) is 5.06 Å². The largest absolute Gasteiger partial charge is 0.460 e. The molecule has 5 fully saturated rings. The molecule has 2 aromatic rings. The van der Waals surface area contributed by atoms with Crippen LogP contribution in [0.1, 0.15) is 56.7 Å². The lowest BCUT2D eigenvalue weighted by molar-refractivity contribution is -0.298. The van der Waals surface area contributed by atoms with Crippen LogP contribution in [0.3, 0.4) is 0 Å². The van der Waals surface area contributed by atoms with E-state index in [1.165, 1.54) is 17.0 Å². The Morgan fingerprint density at radius 3 is 2.39 bits per heavy atom. The van der Waals surface area contributed by atoms with Crippen LogP contribution in [0.15, 0.2) is 60.7 Å². The standard InChI is InChI=1S/C45H59N3O16/c1-44(2,3)63-32(51)17-16-28(22-49)46-40(55)29(19-26-9-6-5-7-10-26)47(4)43(57)45-20-30-36-37(60-24-59-36)39(45)64-48(38(45)41(56)61-30)21-27-14-12-25(13-15-27)11-8-18-58-42-35(54)34(53)33(52)31(23-50)62-42/h5-15,28-31,33-39,42,49-50,52-54H,16-24H2,1-4H3,(H,46,55). The van der Waals surface area contributed by atoms with Crippen molar-refractivity contribution in [2.24, 2.45) is 5.41 Å². The van der Waals surface area contributed by atoms with Crippen LogP contribution in [0.2, 0.25) is 0 Å². The van der Waals surface area contributed by atoms with Gasteiger partial charge in [-0.1, -0.05) is 66.7 Å². The number of hydrogen-bond acceptors (Lipinski definition) is 17. The summed E-state index contributed by atoms with van der Waals surface area (Å²) in [5, 5.41) is 54.3. The number of hydrogen-bond donors (Lipinski definition) is 6. The Labute approximate surface area is 370 Å². The van der Waals surface area contributed by atoms with E-state index < -0.39 is 121 Å². The summed E-state index contributed by atoms with van der Waals surface area (Å²) in [4.78, 5) is 64.2. The van der Waals surface area contributed by atoms with Crippen LogP contribution in [0.25, 0.3) is 6.08 Å². The molecule has 7 rings (SSSR count). The van der Waals surface area contributed by atoms with Crippen LogP contribution in [0.5, 0.6) is 0 Å². The van der Waals surface area contributed by atoms with Gasteiger partial charge in [-0.15, -0.1) is 0 Å². The Bertz CT molecular complexity index is 1980. The van der Waals surface area contributed by atoms with E-state index in [0.717, 1.165) is 16.7 Å². The molecule has 0 aromatic heterocycles. The SMILES string of the molecule is CN(C(=O)C12CC3OC(=O)C1N(Cc1ccc(C=CCOC4OC(CO)C(O)C(O)C4O)cc1)OC2C1OCOC31)C(Cc1ccccc1)C(=O)NC(CO)CCC(=O)OC(C)(C)C. The number of carbonyl (C=O) groups excluding carboxylic acids is 4. The fraction of sp³-hybridized carbons (Fsp3) is 0.600. The van der Waals surface area contributed by atoms with Crippen molar-refractivity contribution in [3.8, 4) is 0 Å². The van der Waals surface area contributed by atoms with E-state index in [1.807, 2.05) is 54.6 Å². The first-order valence-corrected chi connectivity index (χ1v) is 21.5. The van der Waals surface area contributed by atoms with Gasteiger partial charge in [0.05, 0.1) is 32.4 Å². The number of nitrogens with zero attached hydrogens (tertiary/aromatic N) is 2. The number of fused-ring (bicyclic) bond motifs is 4. The van der Waals surface area contributed by atoms with Crippen LogP contribution >= 0.6 is 0 Å². The summed E-state index contributed by atoms with van der Waals surface area (Å²) in [7, 11) is 1.51. The predicted molar refractivity (Wildman–Crippen MR) is 222 cm³/mol. The van der Waals surface area contributed by atoms with E-state index in [-0.39, 0.29) is 45.6 Å². The lowest BCUT2D eigenvalue weighted by Gasteiger charge is -2.50. The van der Waals surface area contributed by atoms with Crippen molar-refractivity contribution < 1.29 is 78.0 Å². The van der Waals surface area contributed by atoms with Crippen molar-refractivity contribution in [2.75, 3.05) is 33.7 Å². The lowest BCUT2D eigenvalue weighted by Crippen LogP contribution is -2.70. The van der Waals surface area contributed by atoms with Gasteiger partial charge in [0.2, 0.25) is 11.8 Å². The molecule has 64 heavy (non-hydrogen) atoms. The van der Waals surface area contributed by atoms with Gasteiger partial charge >= 0.3 is 11.9 Å². The molecular formula is C45H59N3O16. The maximum absolute atomic E-state index is 15.4. The number of aliphatic hydroxyl groups excluding tert-OH is 5. The Balaban J connectivity index is 1.08. The van der Waals surface area contributed by atoms with Gasteiger partial charge in [0.25, 0.3) is 0 Å². The number of aliphatic hydroxyl groups is 5. The van der Waals surface area contributed by atoms with E-state index in [1.54, 1.807) is 32.9 Å². The fourth-order valence-corrected chi connectivity index (χ4v) is 9.17. The molecule has 1 saturated carbocycles. The first kappa shape index (κ1) is 47.6. The van der Waals surface area contributed by atoms with Gasteiger partial charge in [-0.3, -0.25) is 24.0 Å². The average Bonchev–Trinajstić information content (AvgIpc) is 3.90. The monoisotopic (exact) mass is 897 g/mol. The van der Waals surface area contributed by atoms with Gasteiger partial charge < -0.3 is 64.2 Å². The smallest absolute Gasteiger partial charge is 0.327 e. The van der Waals surface area contributed by atoms with Gasteiger partial charge in [-0.05, 0) is 43.9 Å². The molecule has 350 valence electrons. The Morgan fingerprint density at radius 2 is 1.70 bits per heavy atom. The third kappa shape index (κ3) is 10.0.